The van der Waals surface area contributed by atoms with Gasteiger partial charge >= 0.3 is 5.97 Å². The summed E-state index contributed by atoms with van der Waals surface area (Å²) in [5.74, 6) is 0.0284. The van der Waals surface area contributed by atoms with Crippen LogP contribution < -0.4 is 0 Å². The predicted molar refractivity (Wildman–Crippen MR) is 170 cm³/mol. The Morgan fingerprint density at radius 2 is 0.590 bits per heavy atom. The molecule has 39 heavy (non-hydrogen) atoms. The number of rotatable bonds is 33. The Bertz CT molecular complexity index is 440. The number of hydrogen-bond acceptors (Lipinski definition) is 2. The third kappa shape index (κ3) is 38.1. The van der Waals surface area contributed by atoms with Crippen LogP contribution in [0.5, 0.6) is 0 Å². The zero-order valence-electron chi connectivity index (χ0n) is 27.4. The smallest absolute Gasteiger partial charge is 0.305 e. The van der Waals surface area contributed by atoms with Gasteiger partial charge in [0.2, 0.25) is 0 Å². The number of hydrogen-bond donors (Lipinski definition) is 0. The second-order valence-corrected chi connectivity index (χ2v) is 12.2. The van der Waals surface area contributed by atoms with Gasteiger partial charge in [-0.1, -0.05) is 200 Å². The van der Waals surface area contributed by atoms with Crippen molar-refractivity contribution in [2.24, 2.45) is 0 Å². The fourth-order valence-electron chi connectivity index (χ4n) is 5.55. The van der Waals surface area contributed by atoms with Gasteiger partial charge in [-0.2, -0.15) is 0 Å². The largest absolute Gasteiger partial charge is 0.466 e. The molecule has 0 rings (SSSR count). The van der Waals surface area contributed by atoms with Gasteiger partial charge in [0.15, 0.2) is 0 Å². The van der Waals surface area contributed by atoms with Crippen LogP contribution in [0.25, 0.3) is 0 Å². The van der Waals surface area contributed by atoms with Crippen molar-refractivity contribution in [3.05, 3.63) is 0 Å². The molecule has 0 unspecified atom stereocenters. The number of carbonyl (C=O) groups is 1. The average Bonchev–Trinajstić information content (AvgIpc) is 2.92. The molecule has 2 nitrogen and oxygen atoms in total. The fourth-order valence-corrected chi connectivity index (χ4v) is 5.55. The molecule has 0 aliphatic rings. The molecule has 0 N–H and O–H groups in total. The van der Waals surface area contributed by atoms with Crippen LogP contribution in [0.1, 0.15) is 219 Å². The molecular formula is C36H72O2Zn. The summed E-state index contributed by atoms with van der Waals surface area (Å²) in [6.45, 7) is 5.22. The summed E-state index contributed by atoms with van der Waals surface area (Å²) < 4.78 is 5.44. The minimum Gasteiger partial charge on any atom is -0.466 e. The summed E-state index contributed by atoms with van der Waals surface area (Å²) in [7, 11) is 0. The van der Waals surface area contributed by atoms with Crippen molar-refractivity contribution >= 4 is 5.97 Å². The minimum atomic E-state index is 0. The van der Waals surface area contributed by atoms with Crippen molar-refractivity contribution in [3.8, 4) is 0 Å². The molecule has 230 valence electrons. The van der Waals surface area contributed by atoms with Crippen LogP contribution in [0.2, 0.25) is 0 Å². The van der Waals surface area contributed by atoms with Gasteiger partial charge in [-0.15, -0.1) is 0 Å². The summed E-state index contributed by atoms with van der Waals surface area (Å²) >= 11 is 0. The van der Waals surface area contributed by atoms with Gasteiger partial charge in [-0.05, 0) is 12.8 Å². The summed E-state index contributed by atoms with van der Waals surface area (Å²) in [6.07, 6.45) is 43.1. The second kappa shape index (κ2) is 38.1. The Morgan fingerprint density at radius 1 is 0.359 bits per heavy atom. The SMILES string of the molecule is CCCCCCCCCCCCCCCCCCOC(=O)CCCCCCCCCCCCCCCCC.[Zn]. The molecule has 0 aliphatic carbocycles. The Hall–Kier alpha value is 0.0934. The fraction of sp³-hybridized carbons (Fsp3) is 0.972. The Balaban J connectivity index is 0. The van der Waals surface area contributed by atoms with Crippen molar-refractivity contribution in [2.45, 2.75) is 219 Å². The summed E-state index contributed by atoms with van der Waals surface area (Å²) in [5, 5.41) is 0. The van der Waals surface area contributed by atoms with Gasteiger partial charge in [0.1, 0.15) is 0 Å². The topological polar surface area (TPSA) is 26.3 Å². The van der Waals surface area contributed by atoms with Crippen molar-refractivity contribution in [1.29, 1.82) is 0 Å². The third-order valence-electron chi connectivity index (χ3n) is 8.25. The van der Waals surface area contributed by atoms with E-state index < -0.39 is 0 Å². The van der Waals surface area contributed by atoms with Crippen molar-refractivity contribution in [1.82, 2.24) is 0 Å². The van der Waals surface area contributed by atoms with E-state index >= 15 is 0 Å². The molecule has 0 amide bonds. The molecule has 0 aromatic carbocycles. The molecule has 0 radical (unpaired) electrons. The Morgan fingerprint density at radius 3 is 0.872 bits per heavy atom. The first-order valence-electron chi connectivity index (χ1n) is 18.0. The van der Waals surface area contributed by atoms with Crippen LogP contribution in [0, 0.1) is 0 Å². The average molecular weight is 602 g/mol. The molecule has 0 bridgehead atoms. The van der Waals surface area contributed by atoms with Crippen molar-refractivity contribution in [2.75, 3.05) is 6.61 Å². The number of carbonyl (C=O) groups excluding carboxylic acids is 1. The minimum absolute atomic E-state index is 0. The molecule has 0 saturated heterocycles. The van der Waals surface area contributed by atoms with Gasteiger partial charge in [0.25, 0.3) is 0 Å². The number of ether oxygens (including phenoxy) is 1. The van der Waals surface area contributed by atoms with E-state index in [-0.39, 0.29) is 25.4 Å². The maximum atomic E-state index is 11.9. The summed E-state index contributed by atoms with van der Waals surface area (Å²) in [4.78, 5) is 11.9. The van der Waals surface area contributed by atoms with Crippen LogP contribution >= 0.6 is 0 Å². The van der Waals surface area contributed by atoms with Crippen LogP contribution in [0.4, 0.5) is 0 Å². The molecule has 0 saturated carbocycles. The van der Waals surface area contributed by atoms with E-state index in [4.69, 9.17) is 4.74 Å². The van der Waals surface area contributed by atoms with Crippen LogP contribution in [-0.2, 0) is 29.0 Å². The summed E-state index contributed by atoms with van der Waals surface area (Å²) in [5.41, 5.74) is 0. The van der Waals surface area contributed by atoms with Gasteiger partial charge in [-0.25, -0.2) is 0 Å². The summed E-state index contributed by atoms with van der Waals surface area (Å²) in [6, 6.07) is 0. The van der Waals surface area contributed by atoms with E-state index in [1.54, 1.807) is 0 Å². The molecule has 3 heteroatoms. The molecule has 0 aromatic heterocycles. The maximum absolute atomic E-state index is 11.9. The van der Waals surface area contributed by atoms with Gasteiger partial charge in [0, 0.05) is 25.9 Å². The first-order chi connectivity index (χ1) is 18.8. The molecule has 0 heterocycles. The van der Waals surface area contributed by atoms with Crippen LogP contribution in [0.3, 0.4) is 0 Å². The molecule has 0 atom stereocenters. The Labute approximate surface area is 260 Å². The number of esters is 1. The zero-order chi connectivity index (χ0) is 27.6. The molecule has 0 aliphatic heterocycles. The van der Waals surface area contributed by atoms with Gasteiger partial charge in [0.05, 0.1) is 6.61 Å². The molecular weight excluding hydrogens is 530 g/mol. The molecule has 0 fully saturated rings. The quantitative estimate of drug-likeness (QED) is 0.0425. The van der Waals surface area contributed by atoms with Gasteiger partial charge < -0.3 is 4.74 Å². The normalized spacial score (nSPS) is 11.0. The molecule has 0 aromatic rings. The Kier molecular flexibility index (Phi) is 40.3. The second-order valence-electron chi connectivity index (χ2n) is 12.2. The first-order valence-corrected chi connectivity index (χ1v) is 18.0. The van der Waals surface area contributed by atoms with Crippen LogP contribution in [-0.4, -0.2) is 12.6 Å². The van der Waals surface area contributed by atoms with Gasteiger partial charge in [-0.3, -0.25) is 4.79 Å². The zero-order valence-corrected chi connectivity index (χ0v) is 30.3. The first kappa shape index (κ1) is 41.2. The van der Waals surface area contributed by atoms with Crippen molar-refractivity contribution in [3.63, 3.8) is 0 Å². The monoisotopic (exact) mass is 600 g/mol. The van der Waals surface area contributed by atoms with E-state index in [1.807, 2.05) is 0 Å². The van der Waals surface area contributed by atoms with E-state index in [0.717, 1.165) is 12.8 Å². The van der Waals surface area contributed by atoms with Crippen LogP contribution in [0.15, 0.2) is 0 Å². The standard InChI is InChI=1S/C36H72O2.Zn/c1-3-5-7-9-11-13-15-17-19-21-23-25-27-29-31-33-35-38-36(37)34-32-30-28-26-24-22-20-18-16-14-12-10-8-6-4-2;/h3-35H2,1-2H3;. The van der Waals surface area contributed by atoms with Crippen molar-refractivity contribution < 1.29 is 29.0 Å². The molecule has 0 spiro atoms. The van der Waals surface area contributed by atoms with E-state index in [9.17, 15) is 4.79 Å². The van der Waals surface area contributed by atoms with E-state index in [2.05, 4.69) is 13.8 Å². The predicted octanol–water partition coefficient (Wildman–Crippen LogP) is 13.1. The van der Waals surface area contributed by atoms with E-state index in [0.29, 0.717) is 13.0 Å². The third-order valence-corrected chi connectivity index (χ3v) is 8.25. The number of unbranched alkanes of at least 4 members (excludes halogenated alkanes) is 29. The van der Waals surface area contributed by atoms with E-state index in [1.165, 1.54) is 186 Å². The maximum Gasteiger partial charge on any atom is 0.305 e.